The molecule has 3 rings (SSSR count). The van der Waals surface area contributed by atoms with Crippen LogP contribution in [0.5, 0.6) is 0 Å². The number of nitrogens with zero attached hydrogens (tertiary/aromatic N) is 1. The maximum absolute atomic E-state index is 11.8. The third kappa shape index (κ3) is 2.56. The van der Waals surface area contributed by atoms with Crippen LogP contribution in [-0.4, -0.2) is 24.6 Å². The van der Waals surface area contributed by atoms with Crippen molar-refractivity contribution < 1.29 is 8.42 Å². The van der Waals surface area contributed by atoms with Crippen LogP contribution in [0.15, 0.2) is 53.4 Å². The Morgan fingerprint density at radius 3 is 2.43 bits per heavy atom. The molecule has 0 saturated carbocycles. The molecule has 1 N–H and O–H groups in total. The third-order valence-corrected chi connectivity index (χ3v) is 4.73. The monoisotopic (exact) mass is 300 g/mol. The summed E-state index contributed by atoms with van der Waals surface area (Å²) in [7, 11) is -3.29. The minimum atomic E-state index is -3.29. The van der Waals surface area contributed by atoms with E-state index in [0.717, 1.165) is 16.9 Å². The predicted molar refractivity (Wildman–Crippen MR) is 83.2 cm³/mol. The highest BCUT2D eigenvalue weighted by Crippen LogP contribution is 2.27. The van der Waals surface area contributed by atoms with Crippen LogP contribution in [0.1, 0.15) is 24.2 Å². The summed E-state index contributed by atoms with van der Waals surface area (Å²) in [4.78, 5) is 8.02. The molecule has 0 aliphatic heterocycles. The van der Waals surface area contributed by atoms with Gasteiger partial charge in [0.05, 0.1) is 10.4 Å². The number of para-hydroxylation sites is 1. The minimum Gasteiger partial charge on any atom is -0.341 e. The summed E-state index contributed by atoms with van der Waals surface area (Å²) in [6, 6.07) is 15.2. The summed E-state index contributed by atoms with van der Waals surface area (Å²) in [6.07, 6.45) is 1.21. The number of aromatic amines is 1. The molecule has 1 atom stereocenters. The van der Waals surface area contributed by atoms with E-state index < -0.39 is 9.84 Å². The maximum Gasteiger partial charge on any atom is 0.177 e. The Kier molecular flexibility index (Phi) is 3.29. The van der Waals surface area contributed by atoms with Gasteiger partial charge in [-0.2, -0.15) is 0 Å². The number of fused-ring (bicyclic) bond motifs is 1. The fourth-order valence-corrected chi connectivity index (χ4v) is 3.26. The molecule has 0 amide bonds. The Morgan fingerprint density at radius 1 is 1.05 bits per heavy atom. The van der Waals surface area contributed by atoms with Crippen LogP contribution in [0.25, 0.3) is 11.0 Å². The fraction of sp³-hybridized carbons (Fsp3) is 0.188. The molecular formula is C16H16N2O2S. The van der Waals surface area contributed by atoms with Crippen molar-refractivity contribution in [3.63, 3.8) is 0 Å². The second-order valence-corrected chi connectivity index (χ2v) is 7.16. The van der Waals surface area contributed by atoms with Crippen LogP contribution < -0.4 is 0 Å². The molecule has 0 aliphatic rings. The van der Waals surface area contributed by atoms with Crippen LogP contribution in [0, 0.1) is 0 Å². The van der Waals surface area contributed by atoms with Gasteiger partial charge in [0.15, 0.2) is 9.84 Å². The minimum absolute atomic E-state index is 0.0750. The zero-order chi connectivity index (χ0) is 15.0. The Labute approximate surface area is 123 Å². The molecule has 5 heteroatoms. The van der Waals surface area contributed by atoms with Crippen molar-refractivity contribution in [2.75, 3.05) is 6.26 Å². The van der Waals surface area contributed by atoms with E-state index in [4.69, 9.17) is 0 Å². The number of rotatable bonds is 3. The maximum atomic E-state index is 11.8. The van der Waals surface area contributed by atoms with Crippen molar-refractivity contribution in [3.8, 4) is 0 Å². The van der Waals surface area contributed by atoms with Gasteiger partial charge in [-0.05, 0) is 17.7 Å². The summed E-state index contributed by atoms with van der Waals surface area (Å²) in [5.41, 5.74) is 2.39. The highest BCUT2D eigenvalue weighted by molar-refractivity contribution is 7.91. The number of hydrogen-bond donors (Lipinski definition) is 1. The molecule has 108 valence electrons. The van der Waals surface area contributed by atoms with Crippen LogP contribution in [0.4, 0.5) is 0 Å². The van der Waals surface area contributed by atoms with Crippen molar-refractivity contribution in [1.29, 1.82) is 0 Å². The average molecular weight is 300 g/mol. The van der Waals surface area contributed by atoms with Gasteiger partial charge in [-0.1, -0.05) is 43.3 Å². The van der Waals surface area contributed by atoms with E-state index in [1.165, 1.54) is 6.26 Å². The Hall–Kier alpha value is -2.14. The van der Waals surface area contributed by atoms with Gasteiger partial charge in [0.2, 0.25) is 0 Å². The first-order valence-corrected chi connectivity index (χ1v) is 8.59. The van der Waals surface area contributed by atoms with E-state index in [0.29, 0.717) is 5.52 Å². The first-order chi connectivity index (χ1) is 9.97. The smallest absolute Gasteiger partial charge is 0.177 e. The van der Waals surface area contributed by atoms with Crippen molar-refractivity contribution in [2.45, 2.75) is 17.7 Å². The summed E-state index contributed by atoms with van der Waals surface area (Å²) in [5, 5.41) is 0. The largest absolute Gasteiger partial charge is 0.341 e. The molecule has 1 aromatic heterocycles. The zero-order valence-corrected chi connectivity index (χ0v) is 12.7. The van der Waals surface area contributed by atoms with E-state index >= 15 is 0 Å². The highest BCUT2D eigenvalue weighted by atomic mass is 32.2. The van der Waals surface area contributed by atoms with E-state index in [9.17, 15) is 8.42 Å². The number of imidazole rings is 1. The summed E-state index contributed by atoms with van der Waals surface area (Å²) in [5.74, 6) is 0.846. The summed E-state index contributed by atoms with van der Waals surface area (Å²) in [6.45, 7) is 2.05. The normalized spacial score (nSPS) is 13.4. The lowest BCUT2D eigenvalue weighted by molar-refractivity contribution is 0.602. The molecule has 0 bridgehead atoms. The molecule has 2 aromatic carbocycles. The summed E-state index contributed by atoms with van der Waals surface area (Å²) < 4.78 is 23.7. The Morgan fingerprint density at radius 2 is 1.76 bits per heavy atom. The third-order valence-electron chi connectivity index (χ3n) is 3.60. The van der Waals surface area contributed by atoms with Gasteiger partial charge in [0, 0.05) is 12.2 Å². The second-order valence-electron chi connectivity index (χ2n) is 5.18. The van der Waals surface area contributed by atoms with Gasteiger partial charge in [-0.3, -0.25) is 0 Å². The van der Waals surface area contributed by atoms with E-state index in [1.807, 2.05) is 43.3 Å². The number of sulfone groups is 1. The van der Waals surface area contributed by atoms with Crippen LogP contribution in [-0.2, 0) is 9.84 Å². The van der Waals surface area contributed by atoms with Gasteiger partial charge in [-0.25, -0.2) is 13.4 Å². The lowest BCUT2D eigenvalue weighted by Crippen LogP contribution is -1.99. The lowest BCUT2D eigenvalue weighted by atomic mass is 10.0. The molecule has 0 radical (unpaired) electrons. The topological polar surface area (TPSA) is 62.8 Å². The van der Waals surface area contributed by atoms with Crippen molar-refractivity contribution in [2.24, 2.45) is 0 Å². The fourth-order valence-electron chi connectivity index (χ4n) is 2.43. The van der Waals surface area contributed by atoms with Gasteiger partial charge in [0.25, 0.3) is 0 Å². The predicted octanol–water partition coefficient (Wildman–Crippen LogP) is 3.12. The number of aromatic nitrogens is 2. The Balaban J connectivity index is 2.14. The van der Waals surface area contributed by atoms with Crippen molar-refractivity contribution in [3.05, 3.63) is 59.9 Å². The van der Waals surface area contributed by atoms with Crippen LogP contribution in [0.2, 0.25) is 0 Å². The standard InChI is InChI=1S/C16H16N2O2S/c1-11(12-7-4-3-5-8-12)16-17-13-9-6-10-14(15(13)18-16)21(2,19)20/h3-11H,1-2H3,(H,17,18). The first kappa shape index (κ1) is 13.8. The molecular weight excluding hydrogens is 284 g/mol. The van der Waals surface area contributed by atoms with E-state index in [2.05, 4.69) is 9.97 Å². The van der Waals surface area contributed by atoms with Gasteiger partial charge < -0.3 is 4.98 Å². The van der Waals surface area contributed by atoms with Crippen LogP contribution >= 0.6 is 0 Å². The summed E-state index contributed by atoms with van der Waals surface area (Å²) >= 11 is 0. The van der Waals surface area contributed by atoms with Gasteiger partial charge in [0.1, 0.15) is 11.3 Å². The van der Waals surface area contributed by atoms with Gasteiger partial charge >= 0.3 is 0 Å². The number of nitrogens with one attached hydrogen (secondary N) is 1. The molecule has 0 spiro atoms. The molecule has 3 aromatic rings. The number of H-pyrrole nitrogens is 1. The highest BCUT2D eigenvalue weighted by Gasteiger charge is 2.18. The second kappa shape index (κ2) is 5.00. The quantitative estimate of drug-likeness (QED) is 0.808. The lowest BCUT2D eigenvalue weighted by Gasteiger charge is -2.07. The molecule has 4 nitrogen and oxygen atoms in total. The molecule has 1 heterocycles. The Bertz CT molecular complexity index is 883. The van der Waals surface area contributed by atoms with E-state index in [1.54, 1.807) is 12.1 Å². The SMILES string of the molecule is CC(c1ccccc1)c1nc2c(S(C)(=O)=O)cccc2[nH]1. The zero-order valence-electron chi connectivity index (χ0n) is 11.9. The molecule has 0 aliphatic carbocycles. The van der Waals surface area contributed by atoms with E-state index in [-0.39, 0.29) is 10.8 Å². The molecule has 0 saturated heterocycles. The van der Waals surface area contributed by atoms with Crippen molar-refractivity contribution >= 4 is 20.9 Å². The molecule has 0 fully saturated rings. The van der Waals surface area contributed by atoms with Crippen molar-refractivity contribution in [1.82, 2.24) is 9.97 Å². The number of benzene rings is 2. The number of hydrogen-bond acceptors (Lipinski definition) is 3. The van der Waals surface area contributed by atoms with Gasteiger partial charge in [-0.15, -0.1) is 0 Å². The molecule has 1 unspecified atom stereocenters. The molecule has 21 heavy (non-hydrogen) atoms. The average Bonchev–Trinajstić information content (AvgIpc) is 2.90. The van der Waals surface area contributed by atoms with Crippen LogP contribution in [0.3, 0.4) is 0 Å². The first-order valence-electron chi connectivity index (χ1n) is 6.70.